The average Bonchev–Trinajstić information content (AvgIpc) is 2.67. The third-order valence-corrected chi connectivity index (χ3v) is 7.77. The van der Waals surface area contributed by atoms with E-state index in [0.29, 0.717) is 23.6 Å². The quantitative estimate of drug-likeness (QED) is 0.415. The van der Waals surface area contributed by atoms with Gasteiger partial charge in [-0.25, -0.2) is 26.0 Å². The number of hydrogen-bond donors (Lipinski definition) is 1. The highest BCUT2D eigenvalue weighted by Gasteiger charge is 2.40. The molecule has 1 aliphatic rings. The van der Waals surface area contributed by atoms with Crippen molar-refractivity contribution in [3.05, 3.63) is 59.2 Å². The second-order valence-electron chi connectivity index (χ2n) is 6.93. The van der Waals surface area contributed by atoms with Crippen LogP contribution in [0.4, 0.5) is 17.6 Å². The van der Waals surface area contributed by atoms with Crippen LogP contribution in [-0.4, -0.2) is 38.8 Å². The molecule has 30 heavy (non-hydrogen) atoms. The number of halogens is 4. The first-order chi connectivity index (χ1) is 13.9. The van der Waals surface area contributed by atoms with Crippen molar-refractivity contribution in [2.45, 2.75) is 29.1 Å². The monoisotopic (exact) mass is 467 g/mol. The number of piperidine rings is 1. The number of benzene rings is 2. The smallest absolute Gasteiger partial charge is 0.282 e. The summed E-state index contributed by atoms with van der Waals surface area (Å²) in [5, 5.41) is 0. The highest BCUT2D eigenvalue weighted by atomic mass is 32.2. The van der Waals surface area contributed by atoms with Crippen LogP contribution in [0.15, 0.2) is 40.1 Å². The summed E-state index contributed by atoms with van der Waals surface area (Å²) >= 11 is 0. The van der Waals surface area contributed by atoms with Gasteiger partial charge in [0.25, 0.3) is 0 Å². The summed E-state index contributed by atoms with van der Waals surface area (Å²) in [5.74, 6) is -9.73. The first kappa shape index (κ1) is 22.7. The fraction of sp³-hybridized carbons (Fsp3) is 0.333. The van der Waals surface area contributed by atoms with E-state index in [4.69, 9.17) is 4.55 Å². The fourth-order valence-corrected chi connectivity index (χ4v) is 5.69. The summed E-state index contributed by atoms with van der Waals surface area (Å²) in [5.41, 5.74) is 1.04. The highest BCUT2D eigenvalue weighted by molar-refractivity contribution is 7.89. The lowest BCUT2D eigenvalue weighted by atomic mass is 9.91. The van der Waals surface area contributed by atoms with Gasteiger partial charge in [-0.1, -0.05) is 30.3 Å². The molecule has 0 aliphatic carbocycles. The molecule has 0 atom stereocenters. The van der Waals surface area contributed by atoms with Crippen LogP contribution in [-0.2, 0) is 26.6 Å². The fourth-order valence-electron chi connectivity index (χ4n) is 3.47. The molecular weight excluding hydrogens is 450 g/mol. The van der Waals surface area contributed by atoms with E-state index in [-0.39, 0.29) is 19.0 Å². The van der Waals surface area contributed by atoms with Crippen molar-refractivity contribution in [1.82, 2.24) is 4.31 Å². The molecule has 1 saturated heterocycles. The van der Waals surface area contributed by atoms with Crippen LogP contribution in [0.3, 0.4) is 0 Å². The lowest BCUT2D eigenvalue weighted by Crippen LogP contribution is -2.40. The zero-order chi connectivity index (χ0) is 22.3. The van der Waals surface area contributed by atoms with Crippen LogP contribution in [0.1, 0.15) is 18.4 Å². The molecule has 0 amide bonds. The first-order valence-electron chi connectivity index (χ1n) is 8.82. The molecule has 1 fully saturated rings. The Labute approximate surface area is 170 Å². The Morgan fingerprint density at radius 1 is 0.833 bits per heavy atom. The van der Waals surface area contributed by atoms with E-state index in [9.17, 15) is 34.4 Å². The topological polar surface area (TPSA) is 91.7 Å². The van der Waals surface area contributed by atoms with E-state index in [1.54, 1.807) is 0 Å². The van der Waals surface area contributed by atoms with E-state index in [1.165, 1.54) is 0 Å². The van der Waals surface area contributed by atoms with Gasteiger partial charge in [-0.15, -0.1) is 0 Å². The third-order valence-electron chi connectivity index (χ3n) is 4.98. The molecule has 3 rings (SSSR count). The molecule has 1 heterocycles. The molecule has 0 aromatic heterocycles. The molecule has 2 aromatic carbocycles. The Kier molecular flexibility index (Phi) is 6.23. The van der Waals surface area contributed by atoms with Gasteiger partial charge in [-0.2, -0.15) is 12.7 Å². The Hall–Kier alpha value is -2.02. The van der Waals surface area contributed by atoms with Crippen molar-refractivity contribution in [2.75, 3.05) is 13.1 Å². The molecule has 0 spiro atoms. The summed E-state index contributed by atoms with van der Waals surface area (Å²) in [6.45, 7) is -0.274. The van der Waals surface area contributed by atoms with Crippen molar-refractivity contribution in [3.63, 3.8) is 0 Å². The van der Waals surface area contributed by atoms with Crippen LogP contribution in [0.25, 0.3) is 0 Å². The summed E-state index contributed by atoms with van der Waals surface area (Å²) in [6, 6.07) is 9.40. The normalized spacial score (nSPS) is 16.7. The van der Waals surface area contributed by atoms with E-state index in [0.717, 1.165) is 5.56 Å². The molecule has 0 unspecified atom stereocenters. The van der Waals surface area contributed by atoms with Gasteiger partial charge in [0.05, 0.1) is 0 Å². The Morgan fingerprint density at radius 2 is 1.30 bits per heavy atom. The van der Waals surface area contributed by atoms with Crippen LogP contribution in [0.5, 0.6) is 0 Å². The SMILES string of the molecule is O=S(=O)(O)c1c(F)c(F)c(S(=O)(=O)N2CCC(Cc3ccccc3)CC2)c(F)c1F. The van der Waals surface area contributed by atoms with Crippen LogP contribution >= 0.6 is 0 Å². The molecule has 1 aliphatic heterocycles. The van der Waals surface area contributed by atoms with Crippen LogP contribution < -0.4 is 0 Å². The summed E-state index contributed by atoms with van der Waals surface area (Å²) in [7, 11) is -10.7. The molecule has 2 aromatic rings. The van der Waals surface area contributed by atoms with Crippen molar-refractivity contribution in [3.8, 4) is 0 Å². The van der Waals surface area contributed by atoms with E-state index in [2.05, 4.69) is 0 Å². The molecule has 12 heteroatoms. The van der Waals surface area contributed by atoms with Gasteiger partial charge in [0, 0.05) is 13.1 Å². The standard InChI is InChI=1S/C18H17F4NO5S2/c19-13-15(21)18(30(26,27)28)16(22)14(20)17(13)29(24,25)23-8-6-12(7-9-23)10-11-4-2-1-3-5-11/h1-5,12H,6-10H2,(H,26,27,28). The zero-order valence-electron chi connectivity index (χ0n) is 15.4. The summed E-state index contributed by atoms with van der Waals surface area (Å²) in [6.07, 6.45) is 1.38. The van der Waals surface area contributed by atoms with Gasteiger partial charge in [-0.3, -0.25) is 4.55 Å². The predicted octanol–water partition coefficient (Wildman–Crippen LogP) is 3.13. The van der Waals surface area contributed by atoms with E-state index in [1.807, 2.05) is 30.3 Å². The molecular formula is C18H17F4NO5S2. The molecule has 0 radical (unpaired) electrons. The van der Waals surface area contributed by atoms with Gasteiger partial charge in [-0.05, 0) is 30.7 Å². The molecule has 164 valence electrons. The maximum atomic E-state index is 14.3. The maximum absolute atomic E-state index is 14.3. The number of hydrogen-bond acceptors (Lipinski definition) is 4. The van der Waals surface area contributed by atoms with E-state index >= 15 is 0 Å². The van der Waals surface area contributed by atoms with Gasteiger partial charge >= 0.3 is 10.1 Å². The lowest BCUT2D eigenvalue weighted by Gasteiger charge is -2.31. The minimum Gasteiger partial charge on any atom is -0.282 e. The molecule has 0 saturated carbocycles. The molecule has 1 N–H and O–H groups in total. The van der Waals surface area contributed by atoms with Crippen molar-refractivity contribution < 1.29 is 39.0 Å². The Bertz CT molecular complexity index is 1130. The van der Waals surface area contributed by atoms with Crippen LogP contribution in [0, 0.1) is 29.2 Å². The second-order valence-corrected chi connectivity index (χ2v) is 10.2. The van der Waals surface area contributed by atoms with Gasteiger partial charge in [0.2, 0.25) is 10.0 Å². The van der Waals surface area contributed by atoms with E-state index < -0.39 is 53.2 Å². The number of rotatable bonds is 5. The first-order valence-corrected chi connectivity index (χ1v) is 11.7. The third kappa shape index (κ3) is 4.22. The largest absolute Gasteiger partial charge is 0.300 e. The zero-order valence-corrected chi connectivity index (χ0v) is 17.0. The average molecular weight is 467 g/mol. The summed E-state index contributed by atoms with van der Waals surface area (Å²) in [4.78, 5) is -4.20. The minimum absolute atomic E-state index is 0.101. The predicted molar refractivity (Wildman–Crippen MR) is 97.7 cm³/mol. The lowest BCUT2D eigenvalue weighted by molar-refractivity contribution is 0.270. The van der Waals surface area contributed by atoms with Crippen molar-refractivity contribution in [2.24, 2.45) is 5.92 Å². The second kappa shape index (κ2) is 8.25. The number of nitrogens with zero attached hydrogens (tertiary/aromatic N) is 1. The summed E-state index contributed by atoms with van der Waals surface area (Å²) < 4.78 is 113. The Morgan fingerprint density at radius 3 is 1.77 bits per heavy atom. The molecule has 0 bridgehead atoms. The van der Waals surface area contributed by atoms with Crippen molar-refractivity contribution >= 4 is 20.1 Å². The van der Waals surface area contributed by atoms with Gasteiger partial charge < -0.3 is 0 Å². The molecule has 6 nitrogen and oxygen atoms in total. The minimum atomic E-state index is -5.67. The number of sulfonamides is 1. The highest BCUT2D eigenvalue weighted by Crippen LogP contribution is 2.33. The van der Waals surface area contributed by atoms with Crippen molar-refractivity contribution in [1.29, 1.82) is 0 Å². The Balaban J connectivity index is 1.88. The van der Waals surface area contributed by atoms with Gasteiger partial charge in [0.1, 0.15) is 0 Å². The van der Waals surface area contributed by atoms with Crippen LogP contribution in [0.2, 0.25) is 0 Å². The van der Waals surface area contributed by atoms with Gasteiger partial charge in [0.15, 0.2) is 33.1 Å². The maximum Gasteiger partial charge on any atom is 0.300 e.